The molecule has 0 aliphatic carbocycles. The van der Waals surface area contributed by atoms with Crippen LogP contribution in [0.25, 0.3) is 0 Å². The topological polar surface area (TPSA) is 37.8 Å². The number of aromatic nitrogens is 2. The van der Waals surface area contributed by atoms with Gasteiger partial charge in [0.25, 0.3) is 0 Å². The van der Waals surface area contributed by atoms with Gasteiger partial charge in [-0.3, -0.25) is 0 Å². The van der Waals surface area contributed by atoms with Crippen molar-refractivity contribution in [2.75, 3.05) is 17.6 Å². The highest BCUT2D eigenvalue weighted by Crippen LogP contribution is 2.26. The summed E-state index contributed by atoms with van der Waals surface area (Å²) in [7, 11) is 0. The molecule has 102 valence electrons. The largest absolute Gasteiger partial charge is 0.369 e. The maximum atomic E-state index is 4.67. The predicted molar refractivity (Wildman–Crippen MR) is 84.3 cm³/mol. The van der Waals surface area contributed by atoms with Crippen molar-refractivity contribution >= 4 is 33.5 Å². The van der Waals surface area contributed by atoms with E-state index in [1.165, 1.54) is 0 Å². The average Bonchev–Trinajstić information content (AvgIpc) is 2.31. The number of hydrogen-bond acceptors (Lipinski definition) is 4. The fraction of sp³-hybridized carbons (Fsp3) is 0.692. The van der Waals surface area contributed by atoms with E-state index in [0.29, 0.717) is 5.92 Å². The minimum atomic E-state index is 0.595. The number of rotatable bonds is 7. The van der Waals surface area contributed by atoms with Crippen LogP contribution < -0.4 is 5.32 Å². The van der Waals surface area contributed by atoms with Gasteiger partial charge in [-0.15, -0.1) is 0 Å². The lowest BCUT2D eigenvalue weighted by Crippen LogP contribution is -2.09. The normalized spacial score (nSPS) is 11.0. The lowest BCUT2D eigenvalue weighted by Gasteiger charge is -2.13. The van der Waals surface area contributed by atoms with Gasteiger partial charge in [-0.25, -0.2) is 9.97 Å². The molecule has 0 saturated heterocycles. The van der Waals surface area contributed by atoms with Crippen LogP contribution in [-0.4, -0.2) is 22.3 Å². The maximum absolute atomic E-state index is 4.67. The summed E-state index contributed by atoms with van der Waals surface area (Å²) in [6.45, 7) is 9.53. The first kappa shape index (κ1) is 15.8. The quantitative estimate of drug-likeness (QED) is 0.815. The summed E-state index contributed by atoms with van der Waals surface area (Å²) in [5, 5.41) is 3.30. The summed E-state index contributed by atoms with van der Waals surface area (Å²) < 4.78 is 1.02. The Morgan fingerprint density at radius 1 is 1.28 bits per heavy atom. The minimum absolute atomic E-state index is 0.595. The molecule has 0 bridgehead atoms. The van der Waals surface area contributed by atoms with Crippen LogP contribution in [0.1, 0.15) is 39.2 Å². The second-order valence-corrected chi connectivity index (χ2v) is 6.58. The van der Waals surface area contributed by atoms with E-state index in [1.54, 1.807) is 0 Å². The molecule has 1 rings (SSSR count). The van der Waals surface area contributed by atoms with E-state index in [9.17, 15) is 0 Å². The first-order valence-electron chi connectivity index (χ1n) is 6.45. The Morgan fingerprint density at radius 3 is 2.56 bits per heavy atom. The fourth-order valence-electron chi connectivity index (χ4n) is 1.61. The summed E-state index contributed by atoms with van der Waals surface area (Å²) in [6, 6.07) is 0. The van der Waals surface area contributed by atoms with Crippen molar-refractivity contribution in [3.63, 3.8) is 0 Å². The third-order valence-corrected chi connectivity index (χ3v) is 4.05. The fourth-order valence-corrected chi connectivity index (χ4v) is 2.60. The Balaban J connectivity index is 3.02. The highest BCUT2D eigenvalue weighted by atomic mass is 79.9. The molecular weight excluding hydrogens is 310 g/mol. The molecule has 1 aromatic heterocycles. The number of thioether (sulfide) groups is 1. The molecule has 1 heterocycles. The van der Waals surface area contributed by atoms with E-state index in [0.717, 1.165) is 46.3 Å². The van der Waals surface area contributed by atoms with Gasteiger partial charge in [0.15, 0.2) is 0 Å². The first-order chi connectivity index (χ1) is 8.58. The van der Waals surface area contributed by atoms with Gasteiger partial charge in [-0.05, 0) is 40.9 Å². The van der Waals surface area contributed by atoms with Gasteiger partial charge >= 0.3 is 0 Å². The molecule has 1 aromatic rings. The van der Waals surface area contributed by atoms with Crippen molar-refractivity contribution in [2.24, 2.45) is 5.92 Å². The van der Waals surface area contributed by atoms with Crippen molar-refractivity contribution < 1.29 is 0 Å². The van der Waals surface area contributed by atoms with Crippen molar-refractivity contribution in [3.05, 3.63) is 16.0 Å². The second-order valence-electron chi connectivity index (χ2n) is 4.51. The summed E-state index contributed by atoms with van der Waals surface area (Å²) in [5.74, 6) is 4.42. The van der Waals surface area contributed by atoms with Crippen molar-refractivity contribution in [1.82, 2.24) is 9.97 Å². The van der Waals surface area contributed by atoms with Gasteiger partial charge in [-0.2, -0.15) is 11.8 Å². The minimum Gasteiger partial charge on any atom is -0.369 e. The number of halogens is 1. The van der Waals surface area contributed by atoms with E-state index in [4.69, 9.17) is 0 Å². The monoisotopic (exact) mass is 331 g/mol. The van der Waals surface area contributed by atoms with E-state index in [1.807, 2.05) is 11.8 Å². The molecule has 18 heavy (non-hydrogen) atoms. The smallest absolute Gasteiger partial charge is 0.144 e. The summed E-state index contributed by atoms with van der Waals surface area (Å²) in [5.41, 5.74) is 1.11. The Labute approximate surface area is 123 Å². The van der Waals surface area contributed by atoms with Gasteiger partial charge in [0.1, 0.15) is 11.6 Å². The van der Waals surface area contributed by atoms with Crippen LogP contribution in [0.4, 0.5) is 5.82 Å². The molecule has 0 aromatic carbocycles. The molecule has 0 fully saturated rings. The van der Waals surface area contributed by atoms with E-state index in [-0.39, 0.29) is 0 Å². The van der Waals surface area contributed by atoms with Crippen LogP contribution in [-0.2, 0) is 12.2 Å². The highest BCUT2D eigenvalue weighted by molar-refractivity contribution is 9.10. The van der Waals surface area contributed by atoms with Crippen LogP contribution in [0.5, 0.6) is 0 Å². The SMILES string of the molecule is CCNc1nc(CSCC)nc(CC(C)C)c1Br. The molecule has 0 saturated carbocycles. The molecule has 0 aliphatic rings. The molecule has 0 aliphatic heterocycles. The van der Waals surface area contributed by atoms with E-state index >= 15 is 0 Å². The number of nitrogens with zero attached hydrogens (tertiary/aromatic N) is 2. The van der Waals surface area contributed by atoms with Gasteiger partial charge in [0, 0.05) is 6.54 Å². The number of nitrogens with one attached hydrogen (secondary N) is 1. The predicted octanol–water partition coefficient (Wildman–Crippen LogP) is 4.12. The molecule has 0 unspecified atom stereocenters. The van der Waals surface area contributed by atoms with Gasteiger partial charge in [-0.1, -0.05) is 20.8 Å². The lowest BCUT2D eigenvalue weighted by atomic mass is 10.1. The molecule has 3 nitrogen and oxygen atoms in total. The van der Waals surface area contributed by atoms with Crippen LogP contribution in [0.2, 0.25) is 0 Å². The molecule has 5 heteroatoms. The van der Waals surface area contributed by atoms with Crippen molar-refractivity contribution in [3.8, 4) is 0 Å². The van der Waals surface area contributed by atoms with Crippen LogP contribution in [0, 0.1) is 5.92 Å². The Morgan fingerprint density at radius 2 is 2.00 bits per heavy atom. The number of hydrogen-bond donors (Lipinski definition) is 1. The lowest BCUT2D eigenvalue weighted by molar-refractivity contribution is 0.629. The number of anilines is 1. The molecule has 0 radical (unpaired) electrons. The second kappa shape index (κ2) is 8.00. The summed E-state index contributed by atoms with van der Waals surface area (Å²) in [6.07, 6.45) is 0.977. The first-order valence-corrected chi connectivity index (χ1v) is 8.40. The maximum Gasteiger partial charge on any atom is 0.144 e. The standard InChI is InChI=1S/C13H22BrN3S/c1-5-15-13-12(14)10(7-9(3)4)16-11(17-13)8-18-6-2/h9H,5-8H2,1-4H3,(H,15,16,17). The molecule has 0 spiro atoms. The zero-order chi connectivity index (χ0) is 13.5. The third kappa shape index (κ3) is 4.76. The van der Waals surface area contributed by atoms with Crippen LogP contribution in [0.15, 0.2) is 4.47 Å². The van der Waals surface area contributed by atoms with Crippen LogP contribution in [0.3, 0.4) is 0 Å². The molecular formula is C13H22BrN3S. The molecule has 0 atom stereocenters. The van der Waals surface area contributed by atoms with Crippen molar-refractivity contribution in [2.45, 2.75) is 39.9 Å². The third-order valence-electron chi connectivity index (χ3n) is 2.35. The Bertz CT molecular complexity index is 383. The zero-order valence-corrected chi connectivity index (χ0v) is 14.0. The molecule has 0 amide bonds. The van der Waals surface area contributed by atoms with E-state index in [2.05, 4.69) is 58.9 Å². The Kier molecular flexibility index (Phi) is 7.00. The van der Waals surface area contributed by atoms with Gasteiger partial charge in [0.05, 0.1) is 15.9 Å². The summed E-state index contributed by atoms with van der Waals surface area (Å²) in [4.78, 5) is 9.25. The average molecular weight is 332 g/mol. The van der Waals surface area contributed by atoms with Gasteiger partial charge < -0.3 is 5.32 Å². The summed E-state index contributed by atoms with van der Waals surface area (Å²) >= 11 is 5.47. The van der Waals surface area contributed by atoms with Crippen LogP contribution >= 0.6 is 27.7 Å². The van der Waals surface area contributed by atoms with E-state index < -0.39 is 0 Å². The van der Waals surface area contributed by atoms with Gasteiger partial charge in [0.2, 0.25) is 0 Å². The molecule has 1 N–H and O–H groups in total. The van der Waals surface area contributed by atoms with Crippen molar-refractivity contribution in [1.29, 1.82) is 0 Å². The Hall–Kier alpha value is -0.290. The zero-order valence-electron chi connectivity index (χ0n) is 11.6. The highest BCUT2D eigenvalue weighted by Gasteiger charge is 2.13.